The zero-order chi connectivity index (χ0) is 0. The van der Waals surface area contributed by atoms with E-state index in [1.165, 1.54) is 0 Å². The molecule has 2 nitrogen and oxygen atoms in total. The van der Waals surface area contributed by atoms with Crippen LogP contribution in [0.25, 0.3) is 0 Å². The van der Waals surface area contributed by atoms with Crippen LogP contribution >= 0.6 is 0 Å². The van der Waals surface area contributed by atoms with Gasteiger partial charge in [-0.25, -0.2) is 0 Å². The van der Waals surface area contributed by atoms with Gasteiger partial charge >= 0.3 is 23.1 Å². The van der Waals surface area contributed by atoms with Gasteiger partial charge in [0.1, 0.15) is 0 Å². The summed E-state index contributed by atoms with van der Waals surface area (Å²) in [5, 5.41) is 0. The Morgan fingerprint density at radius 2 is 0.750 bits per heavy atom. The van der Waals surface area contributed by atoms with E-state index in [4.69, 9.17) is 0 Å². The van der Waals surface area contributed by atoms with Gasteiger partial charge in [-0.15, -0.1) is 0 Å². The van der Waals surface area contributed by atoms with Crippen molar-refractivity contribution in [1.82, 2.24) is 0 Å². The van der Waals surface area contributed by atoms with E-state index < -0.39 is 0 Å². The summed E-state index contributed by atoms with van der Waals surface area (Å²) in [5.41, 5.74) is 0. The van der Waals surface area contributed by atoms with Gasteiger partial charge in [-0.05, 0) is 0 Å². The van der Waals surface area contributed by atoms with E-state index in [9.17, 15) is 0 Å². The standard InChI is InChI=1S/Al.Mg.2H2O.3H/h;;2*1H2;;;/q;+2;;;;;/p-2. The number of hydrogen-bond acceptors (Lipinski definition) is 2. The molecular weight excluding hydrogens is 83.3 g/mol. The smallest absolute Gasteiger partial charge is 0.870 e. The number of rotatable bonds is 0. The predicted molar refractivity (Wildman–Crippen MR) is 19.6 cm³/mol. The van der Waals surface area contributed by atoms with Crippen molar-refractivity contribution in [3.63, 3.8) is 0 Å². The van der Waals surface area contributed by atoms with E-state index >= 15 is 0 Å². The largest absolute Gasteiger partial charge is 2.00 e. The van der Waals surface area contributed by atoms with E-state index in [1.807, 2.05) is 0 Å². The molecule has 0 aliphatic heterocycles. The van der Waals surface area contributed by atoms with Gasteiger partial charge in [0.2, 0.25) is 0 Å². The van der Waals surface area contributed by atoms with Crippen LogP contribution in [0.5, 0.6) is 0 Å². The first kappa shape index (κ1) is 62.5. The molecular formula is H5AlMgO2. The van der Waals surface area contributed by atoms with Crippen LogP contribution in [0.1, 0.15) is 0 Å². The number of hydrogen-bond donors (Lipinski definition) is 0. The van der Waals surface area contributed by atoms with Gasteiger partial charge in [0, 0.05) is 0 Å². The summed E-state index contributed by atoms with van der Waals surface area (Å²) in [5.74, 6) is 0. The molecule has 0 fully saturated rings. The Labute approximate surface area is 51.5 Å². The molecule has 0 rings (SSSR count). The molecule has 0 radical (unpaired) electrons. The van der Waals surface area contributed by atoms with Crippen LogP contribution in [-0.2, 0) is 0 Å². The molecule has 0 unspecified atom stereocenters. The molecule has 2 N–H and O–H groups in total. The quantitative estimate of drug-likeness (QED) is 0.324. The molecule has 22 valence electrons. The van der Waals surface area contributed by atoms with Crippen LogP contribution in [0.2, 0.25) is 0 Å². The Morgan fingerprint density at radius 1 is 0.750 bits per heavy atom. The van der Waals surface area contributed by atoms with Crippen LogP contribution in [0.3, 0.4) is 0 Å². The molecule has 0 aromatic rings. The molecule has 0 aliphatic rings. The Morgan fingerprint density at radius 3 is 0.750 bits per heavy atom. The summed E-state index contributed by atoms with van der Waals surface area (Å²) in [4.78, 5) is 0. The van der Waals surface area contributed by atoms with Crippen molar-refractivity contribution in [2.75, 3.05) is 0 Å². The van der Waals surface area contributed by atoms with Crippen molar-refractivity contribution >= 4 is 40.4 Å². The van der Waals surface area contributed by atoms with Crippen LogP contribution in [-0.4, -0.2) is 51.4 Å². The van der Waals surface area contributed by atoms with Gasteiger partial charge in [-0.3, -0.25) is 0 Å². The van der Waals surface area contributed by atoms with E-state index in [1.54, 1.807) is 0 Å². The predicted octanol–water partition coefficient (Wildman–Crippen LogP) is -1.92. The molecule has 0 saturated carbocycles. The SMILES string of the molecule is [AlH3].[Mg+2].[OH-].[OH-]. The van der Waals surface area contributed by atoms with Crippen molar-refractivity contribution in [1.29, 1.82) is 0 Å². The minimum atomic E-state index is 0. The minimum absolute atomic E-state index is 0. The normalized spacial score (nSPS) is 0. The van der Waals surface area contributed by atoms with Crippen LogP contribution in [0.15, 0.2) is 0 Å². The first-order chi connectivity index (χ1) is 0. The van der Waals surface area contributed by atoms with Crippen molar-refractivity contribution < 1.29 is 11.0 Å². The summed E-state index contributed by atoms with van der Waals surface area (Å²) in [6.45, 7) is 0. The van der Waals surface area contributed by atoms with Crippen molar-refractivity contribution in [2.24, 2.45) is 0 Å². The van der Waals surface area contributed by atoms with Crippen molar-refractivity contribution in [2.45, 2.75) is 0 Å². The topological polar surface area (TPSA) is 60.0 Å². The third kappa shape index (κ3) is 10.7. The fourth-order valence-electron chi connectivity index (χ4n) is 0. The first-order valence-electron chi connectivity index (χ1n) is 0. The second kappa shape index (κ2) is 29.4. The zero-order valence-electron chi connectivity index (χ0n) is 1.60. The molecule has 0 amide bonds. The fraction of sp³-hybridized carbons (Fsp3) is 0. The fourth-order valence-corrected chi connectivity index (χ4v) is 0. The molecule has 0 saturated heterocycles. The summed E-state index contributed by atoms with van der Waals surface area (Å²) in [6.07, 6.45) is 0. The minimum Gasteiger partial charge on any atom is -0.870 e. The molecule has 0 aromatic heterocycles. The summed E-state index contributed by atoms with van der Waals surface area (Å²) >= 11 is 0. The molecule has 0 aromatic carbocycles. The Balaban J connectivity index is 0. The third-order valence-electron chi connectivity index (χ3n) is 0. The summed E-state index contributed by atoms with van der Waals surface area (Å²) < 4.78 is 0. The Kier molecular flexibility index (Phi) is 460. The maximum Gasteiger partial charge on any atom is 2.00 e. The second-order valence-electron chi connectivity index (χ2n) is 0. The first-order valence-corrected chi connectivity index (χ1v) is 0. The van der Waals surface area contributed by atoms with Gasteiger partial charge in [0.05, 0.1) is 0 Å². The van der Waals surface area contributed by atoms with Gasteiger partial charge in [-0.2, -0.15) is 0 Å². The molecule has 4 heavy (non-hydrogen) atoms. The molecule has 0 aliphatic carbocycles. The van der Waals surface area contributed by atoms with E-state index in [2.05, 4.69) is 0 Å². The second-order valence-corrected chi connectivity index (χ2v) is 0. The third-order valence-corrected chi connectivity index (χ3v) is 0. The van der Waals surface area contributed by atoms with Gasteiger partial charge in [0.25, 0.3) is 0 Å². The van der Waals surface area contributed by atoms with Crippen molar-refractivity contribution in [3.05, 3.63) is 0 Å². The van der Waals surface area contributed by atoms with Gasteiger partial charge in [0.15, 0.2) is 17.4 Å². The Hall–Kier alpha value is 1.22. The monoisotopic (exact) mass is 88.0 g/mol. The average Bonchev–Trinajstić information content (AvgIpc) is 0. The Bertz CT molecular complexity index is 6.00. The van der Waals surface area contributed by atoms with E-state index in [0.717, 1.165) is 0 Å². The maximum atomic E-state index is 0. The zero-order valence-corrected chi connectivity index (χ0v) is 3.02. The molecule has 4 heteroatoms. The summed E-state index contributed by atoms with van der Waals surface area (Å²) in [6, 6.07) is 0. The average molecular weight is 88.3 g/mol. The van der Waals surface area contributed by atoms with Crippen molar-refractivity contribution in [3.8, 4) is 0 Å². The van der Waals surface area contributed by atoms with Crippen LogP contribution in [0, 0.1) is 0 Å². The van der Waals surface area contributed by atoms with Crippen LogP contribution in [0.4, 0.5) is 0 Å². The van der Waals surface area contributed by atoms with Gasteiger partial charge in [-0.1, -0.05) is 0 Å². The van der Waals surface area contributed by atoms with Gasteiger partial charge < -0.3 is 11.0 Å². The maximum absolute atomic E-state index is 0. The van der Waals surface area contributed by atoms with E-state index in [0.29, 0.717) is 0 Å². The van der Waals surface area contributed by atoms with Crippen LogP contribution < -0.4 is 0 Å². The molecule has 0 atom stereocenters. The van der Waals surface area contributed by atoms with E-state index in [-0.39, 0.29) is 51.4 Å². The summed E-state index contributed by atoms with van der Waals surface area (Å²) in [7, 11) is 0. The molecule has 0 heterocycles. The molecule has 0 spiro atoms. The molecule has 0 bridgehead atoms.